The third-order valence-corrected chi connectivity index (χ3v) is 7.54. The quantitative estimate of drug-likeness (QED) is 0.136. The molecule has 30 heavy (non-hydrogen) atoms. The smallest absolute Gasteiger partial charge is 0.0443 e. The van der Waals surface area contributed by atoms with Gasteiger partial charge in [-0.05, 0) is 17.8 Å². The molecular weight excluding hydrogens is 360 g/mol. The summed E-state index contributed by atoms with van der Waals surface area (Å²) in [5.74, 6) is 2.83. The molecule has 0 aliphatic heterocycles. The molecule has 0 spiro atoms. The molecule has 0 bridgehead atoms. The summed E-state index contributed by atoms with van der Waals surface area (Å²) in [5.41, 5.74) is 0. The second-order valence-corrected chi connectivity index (χ2v) is 11.0. The molecule has 0 heteroatoms. The van der Waals surface area contributed by atoms with Gasteiger partial charge in [-0.25, -0.2) is 0 Å². The van der Waals surface area contributed by atoms with Crippen LogP contribution in [0.4, 0.5) is 0 Å². The first kappa shape index (κ1) is 30.0. The van der Waals surface area contributed by atoms with Gasteiger partial charge in [0.15, 0.2) is 0 Å². The van der Waals surface area contributed by atoms with Crippen LogP contribution in [0.25, 0.3) is 0 Å². The van der Waals surface area contributed by atoms with Crippen molar-refractivity contribution >= 4 is 0 Å². The Morgan fingerprint density at radius 1 is 0.333 bits per heavy atom. The topological polar surface area (TPSA) is 0 Å². The summed E-state index contributed by atoms with van der Waals surface area (Å²) < 4.78 is 0. The molecule has 0 saturated carbocycles. The summed E-state index contributed by atoms with van der Waals surface area (Å²) in [4.78, 5) is 0. The molecule has 0 rings (SSSR count). The van der Waals surface area contributed by atoms with Gasteiger partial charge in [0, 0.05) is 0 Å². The Kier molecular flexibility index (Phi) is 23.7. The molecule has 3 unspecified atom stereocenters. The molecule has 0 nitrogen and oxygen atoms in total. The molecule has 0 aliphatic carbocycles. The molecule has 0 radical (unpaired) electrons. The molecule has 182 valence electrons. The molecule has 0 aliphatic rings. The normalized spacial score (nSPS) is 14.7. The minimum absolute atomic E-state index is 0.933. The van der Waals surface area contributed by atoms with Gasteiger partial charge >= 0.3 is 0 Å². The Hall–Kier alpha value is 0. The van der Waals surface area contributed by atoms with Crippen LogP contribution in [0.5, 0.6) is 0 Å². The SMILES string of the molecule is CCCCCCCCCCCCCCCCC(C)CCCC(C)CCCC(C)CC. The largest absolute Gasteiger partial charge is 0.0654 e. The molecule has 0 aromatic carbocycles. The standard InChI is InChI=1S/C30H62/c1-6-8-9-10-11-12-13-14-15-16-17-18-19-20-23-29(4)26-22-27-30(5)25-21-24-28(3)7-2/h28-30H,6-27H2,1-5H3. The van der Waals surface area contributed by atoms with Crippen molar-refractivity contribution in [2.24, 2.45) is 17.8 Å². The molecule has 0 fully saturated rings. The van der Waals surface area contributed by atoms with Crippen LogP contribution in [-0.4, -0.2) is 0 Å². The van der Waals surface area contributed by atoms with Crippen molar-refractivity contribution in [3.05, 3.63) is 0 Å². The van der Waals surface area contributed by atoms with Crippen molar-refractivity contribution in [2.45, 2.75) is 176 Å². The fraction of sp³-hybridized carbons (Fsp3) is 1.00. The molecule has 0 saturated heterocycles. The van der Waals surface area contributed by atoms with E-state index in [1.807, 2.05) is 0 Å². The first-order valence-corrected chi connectivity index (χ1v) is 14.6. The highest BCUT2D eigenvalue weighted by molar-refractivity contribution is 4.60. The summed E-state index contributed by atoms with van der Waals surface area (Å²) in [5, 5.41) is 0. The zero-order chi connectivity index (χ0) is 22.3. The third kappa shape index (κ3) is 22.7. The van der Waals surface area contributed by atoms with Crippen LogP contribution >= 0.6 is 0 Å². The first-order valence-electron chi connectivity index (χ1n) is 14.6. The fourth-order valence-corrected chi connectivity index (χ4v) is 4.81. The van der Waals surface area contributed by atoms with Gasteiger partial charge in [0.1, 0.15) is 0 Å². The van der Waals surface area contributed by atoms with Crippen LogP contribution in [0.3, 0.4) is 0 Å². The highest BCUT2D eigenvalue weighted by Gasteiger charge is 2.07. The third-order valence-electron chi connectivity index (χ3n) is 7.54. The highest BCUT2D eigenvalue weighted by Crippen LogP contribution is 2.22. The van der Waals surface area contributed by atoms with Crippen molar-refractivity contribution in [3.8, 4) is 0 Å². The van der Waals surface area contributed by atoms with Crippen LogP contribution in [-0.2, 0) is 0 Å². The average molecular weight is 423 g/mol. The van der Waals surface area contributed by atoms with E-state index in [1.54, 1.807) is 0 Å². The van der Waals surface area contributed by atoms with E-state index in [1.165, 1.54) is 141 Å². The van der Waals surface area contributed by atoms with Gasteiger partial charge in [-0.2, -0.15) is 0 Å². The molecular formula is C30H62. The Morgan fingerprint density at radius 2 is 0.633 bits per heavy atom. The predicted molar refractivity (Wildman–Crippen MR) is 140 cm³/mol. The van der Waals surface area contributed by atoms with Gasteiger partial charge in [0.05, 0.1) is 0 Å². The number of rotatable bonds is 24. The monoisotopic (exact) mass is 422 g/mol. The zero-order valence-electron chi connectivity index (χ0n) is 22.3. The lowest BCUT2D eigenvalue weighted by Gasteiger charge is -2.15. The Bertz CT molecular complexity index is 307. The summed E-state index contributed by atoms with van der Waals surface area (Å²) >= 11 is 0. The Labute approximate surface area is 193 Å². The van der Waals surface area contributed by atoms with Crippen molar-refractivity contribution in [1.29, 1.82) is 0 Å². The second kappa shape index (κ2) is 23.7. The lowest BCUT2D eigenvalue weighted by molar-refractivity contribution is 0.380. The Morgan fingerprint density at radius 3 is 1.00 bits per heavy atom. The van der Waals surface area contributed by atoms with Crippen molar-refractivity contribution < 1.29 is 0 Å². The van der Waals surface area contributed by atoms with E-state index in [2.05, 4.69) is 34.6 Å². The Balaban J connectivity index is 3.27. The maximum atomic E-state index is 2.50. The number of hydrogen-bond donors (Lipinski definition) is 0. The van der Waals surface area contributed by atoms with E-state index < -0.39 is 0 Å². The minimum Gasteiger partial charge on any atom is -0.0654 e. The van der Waals surface area contributed by atoms with E-state index in [4.69, 9.17) is 0 Å². The molecule has 0 N–H and O–H groups in total. The van der Waals surface area contributed by atoms with E-state index in [-0.39, 0.29) is 0 Å². The lowest BCUT2D eigenvalue weighted by Crippen LogP contribution is -2.00. The van der Waals surface area contributed by atoms with Crippen molar-refractivity contribution in [1.82, 2.24) is 0 Å². The number of unbranched alkanes of at least 4 members (excludes halogenated alkanes) is 13. The van der Waals surface area contributed by atoms with E-state index in [9.17, 15) is 0 Å². The molecule has 3 atom stereocenters. The predicted octanol–water partition coefficient (Wildman–Crippen LogP) is 11.5. The van der Waals surface area contributed by atoms with Crippen LogP contribution in [0.15, 0.2) is 0 Å². The van der Waals surface area contributed by atoms with Gasteiger partial charge in [-0.15, -0.1) is 0 Å². The van der Waals surface area contributed by atoms with Gasteiger partial charge in [-0.3, -0.25) is 0 Å². The average Bonchev–Trinajstić information content (AvgIpc) is 2.73. The molecule has 0 aromatic rings. The van der Waals surface area contributed by atoms with Crippen LogP contribution in [0.1, 0.15) is 176 Å². The maximum absolute atomic E-state index is 2.50. The summed E-state index contributed by atoms with van der Waals surface area (Å²) in [6.45, 7) is 12.0. The highest BCUT2D eigenvalue weighted by atomic mass is 14.1. The first-order chi connectivity index (χ1) is 14.6. The van der Waals surface area contributed by atoms with Crippen molar-refractivity contribution in [3.63, 3.8) is 0 Å². The lowest BCUT2D eigenvalue weighted by atomic mass is 9.91. The summed E-state index contributed by atoms with van der Waals surface area (Å²) in [6.07, 6.45) is 32.2. The summed E-state index contributed by atoms with van der Waals surface area (Å²) in [7, 11) is 0. The molecule has 0 amide bonds. The second-order valence-electron chi connectivity index (χ2n) is 11.0. The number of hydrogen-bond acceptors (Lipinski definition) is 0. The fourth-order valence-electron chi connectivity index (χ4n) is 4.81. The van der Waals surface area contributed by atoms with Crippen molar-refractivity contribution in [2.75, 3.05) is 0 Å². The van der Waals surface area contributed by atoms with Crippen LogP contribution in [0.2, 0.25) is 0 Å². The zero-order valence-corrected chi connectivity index (χ0v) is 22.3. The van der Waals surface area contributed by atoms with Crippen LogP contribution in [0, 0.1) is 17.8 Å². The van der Waals surface area contributed by atoms with Gasteiger partial charge in [-0.1, -0.05) is 176 Å². The van der Waals surface area contributed by atoms with Gasteiger partial charge < -0.3 is 0 Å². The van der Waals surface area contributed by atoms with Gasteiger partial charge in [0.2, 0.25) is 0 Å². The van der Waals surface area contributed by atoms with E-state index >= 15 is 0 Å². The minimum atomic E-state index is 0.933. The maximum Gasteiger partial charge on any atom is -0.0443 e. The molecule has 0 heterocycles. The van der Waals surface area contributed by atoms with E-state index in [0.717, 1.165) is 17.8 Å². The summed E-state index contributed by atoms with van der Waals surface area (Å²) in [6, 6.07) is 0. The van der Waals surface area contributed by atoms with Gasteiger partial charge in [0.25, 0.3) is 0 Å². The van der Waals surface area contributed by atoms with Crippen LogP contribution < -0.4 is 0 Å². The molecule has 0 aromatic heterocycles. The van der Waals surface area contributed by atoms with E-state index in [0.29, 0.717) is 0 Å².